The summed E-state index contributed by atoms with van der Waals surface area (Å²) < 4.78 is 7.31. The summed E-state index contributed by atoms with van der Waals surface area (Å²) in [7, 11) is 1.81. The van der Waals surface area contributed by atoms with Crippen LogP contribution in [0, 0.1) is 11.3 Å². The molecule has 5 heterocycles. The molecule has 0 radical (unpaired) electrons. The molecule has 2 fully saturated rings. The fourth-order valence-corrected chi connectivity index (χ4v) is 5.82. The minimum Gasteiger partial charge on any atom is -0.380 e. The summed E-state index contributed by atoms with van der Waals surface area (Å²) in [6.45, 7) is 7.29. The van der Waals surface area contributed by atoms with Gasteiger partial charge >= 0.3 is 0 Å². The number of rotatable bonds is 3. The van der Waals surface area contributed by atoms with Gasteiger partial charge in [0.15, 0.2) is 0 Å². The number of fused-ring (bicyclic) bond motifs is 4. The summed E-state index contributed by atoms with van der Waals surface area (Å²) in [5.74, 6) is 0. The number of pyridine rings is 1. The summed E-state index contributed by atoms with van der Waals surface area (Å²) in [6, 6.07) is 16.1. The van der Waals surface area contributed by atoms with E-state index in [1.54, 1.807) is 10.7 Å². The van der Waals surface area contributed by atoms with Crippen LogP contribution in [0.4, 0.5) is 11.4 Å². The molecule has 7 nitrogen and oxygen atoms in total. The lowest BCUT2D eigenvalue weighted by molar-refractivity contribution is 0.121. The standard InChI is InChI=1S/C25H28N6O/c1-17-13-29(23-6-4-20(12-26)31-24(23)7-9-27-31)16-25-22-5-3-19(11-18(22)14-30(17)25)28-10-8-21(15-28)32-2/h3-7,9,11,17,21,25H,8,10,13-16H2,1-2H3. The van der Waals surface area contributed by atoms with Gasteiger partial charge in [0.25, 0.3) is 0 Å². The molecule has 32 heavy (non-hydrogen) atoms. The molecule has 0 spiro atoms. The third-order valence-corrected chi connectivity index (χ3v) is 7.51. The van der Waals surface area contributed by atoms with Crippen LogP contribution in [0.5, 0.6) is 0 Å². The zero-order chi connectivity index (χ0) is 21.8. The summed E-state index contributed by atoms with van der Waals surface area (Å²) in [6.07, 6.45) is 3.22. The van der Waals surface area contributed by atoms with E-state index in [-0.39, 0.29) is 0 Å². The van der Waals surface area contributed by atoms with Gasteiger partial charge in [0.05, 0.1) is 29.5 Å². The van der Waals surface area contributed by atoms with Crippen LogP contribution in [0.3, 0.4) is 0 Å². The van der Waals surface area contributed by atoms with E-state index in [0.29, 0.717) is 23.9 Å². The van der Waals surface area contributed by atoms with Gasteiger partial charge in [-0.2, -0.15) is 10.4 Å². The Balaban J connectivity index is 1.30. The van der Waals surface area contributed by atoms with Crippen molar-refractivity contribution in [1.29, 1.82) is 5.26 Å². The Labute approximate surface area is 188 Å². The first kappa shape index (κ1) is 19.6. The summed E-state index contributed by atoms with van der Waals surface area (Å²) in [5, 5.41) is 13.8. The van der Waals surface area contributed by atoms with Crippen molar-refractivity contribution in [3.05, 3.63) is 59.4 Å². The second kappa shape index (κ2) is 7.51. The van der Waals surface area contributed by atoms with Crippen molar-refractivity contribution in [2.24, 2.45) is 0 Å². The largest absolute Gasteiger partial charge is 0.380 e. The molecule has 0 saturated carbocycles. The fraction of sp³-hybridized carbons (Fsp3) is 0.440. The maximum absolute atomic E-state index is 9.42. The minimum absolute atomic E-state index is 0.343. The van der Waals surface area contributed by atoms with E-state index in [0.717, 1.165) is 50.3 Å². The van der Waals surface area contributed by atoms with E-state index in [2.05, 4.69) is 57.1 Å². The Morgan fingerprint density at radius 2 is 2.00 bits per heavy atom. The Hall–Kier alpha value is -3.08. The quantitative estimate of drug-likeness (QED) is 0.639. The Morgan fingerprint density at radius 3 is 2.81 bits per heavy atom. The van der Waals surface area contributed by atoms with Crippen LogP contribution in [0.2, 0.25) is 0 Å². The predicted octanol–water partition coefficient (Wildman–Crippen LogP) is 3.20. The third kappa shape index (κ3) is 2.98. The monoisotopic (exact) mass is 428 g/mol. The molecule has 3 aromatic rings. The normalized spacial score (nSPS) is 25.2. The lowest BCUT2D eigenvalue weighted by Crippen LogP contribution is -2.51. The number of nitrogens with zero attached hydrogens (tertiary/aromatic N) is 6. The maximum Gasteiger partial charge on any atom is 0.142 e. The van der Waals surface area contributed by atoms with Crippen molar-refractivity contribution in [2.45, 2.75) is 38.1 Å². The van der Waals surface area contributed by atoms with Crippen LogP contribution in [0.1, 0.15) is 36.2 Å². The Kier molecular flexibility index (Phi) is 4.60. The van der Waals surface area contributed by atoms with Gasteiger partial charge in [-0.1, -0.05) is 6.07 Å². The smallest absolute Gasteiger partial charge is 0.142 e. The van der Waals surface area contributed by atoms with Crippen LogP contribution in [-0.4, -0.2) is 59.9 Å². The van der Waals surface area contributed by atoms with Crippen LogP contribution in [0.15, 0.2) is 42.6 Å². The molecule has 0 bridgehead atoms. The van der Waals surface area contributed by atoms with Crippen molar-refractivity contribution < 1.29 is 4.74 Å². The average Bonchev–Trinajstić information content (AvgIpc) is 3.56. The molecule has 2 saturated heterocycles. The summed E-state index contributed by atoms with van der Waals surface area (Å²) in [5.41, 5.74) is 6.95. The van der Waals surface area contributed by atoms with Gasteiger partial charge in [0.2, 0.25) is 0 Å². The topological polar surface area (TPSA) is 60.0 Å². The molecule has 0 amide bonds. The second-order valence-electron chi connectivity index (χ2n) is 9.26. The number of piperazine rings is 1. The molecule has 3 aliphatic heterocycles. The fourth-order valence-electron chi connectivity index (χ4n) is 5.82. The van der Waals surface area contributed by atoms with Crippen molar-refractivity contribution in [1.82, 2.24) is 14.5 Å². The highest BCUT2D eigenvalue weighted by molar-refractivity contribution is 5.74. The van der Waals surface area contributed by atoms with Crippen LogP contribution in [-0.2, 0) is 11.3 Å². The zero-order valence-corrected chi connectivity index (χ0v) is 18.6. The van der Waals surface area contributed by atoms with Crippen molar-refractivity contribution in [2.75, 3.05) is 43.1 Å². The number of aromatic nitrogens is 2. The molecule has 7 heteroatoms. The number of hydrogen-bond acceptors (Lipinski definition) is 6. The number of hydrogen-bond donors (Lipinski definition) is 0. The lowest BCUT2D eigenvalue weighted by Gasteiger charge is -2.43. The van der Waals surface area contributed by atoms with Gasteiger partial charge < -0.3 is 14.5 Å². The van der Waals surface area contributed by atoms with Gasteiger partial charge in [0.1, 0.15) is 11.8 Å². The first-order chi connectivity index (χ1) is 15.7. The molecule has 3 atom stereocenters. The van der Waals surface area contributed by atoms with Crippen molar-refractivity contribution in [3.8, 4) is 6.07 Å². The highest BCUT2D eigenvalue weighted by Gasteiger charge is 2.39. The van der Waals surface area contributed by atoms with Crippen LogP contribution >= 0.6 is 0 Å². The number of anilines is 2. The molecule has 3 aliphatic rings. The van der Waals surface area contributed by atoms with Gasteiger partial charge in [0, 0.05) is 51.6 Å². The minimum atomic E-state index is 0.343. The molecule has 1 aromatic carbocycles. The molecular formula is C25H28N6O. The SMILES string of the molecule is COC1CCN(c2ccc3c(c2)CN2C(C)CN(c4ccc(C#N)n5nccc45)CC32)C1. The van der Waals surface area contributed by atoms with Gasteiger partial charge in [-0.15, -0.1) is 0 Å². The second-order valence-corrected chi connectivity index (χ2v) is 9.26. The van der Waals surface area contributed by atoms with E-state index >= 15 is 0 Å². The summed E-state index contributed by atoms with van der Waals surface area (Å²) in [4.78, 5) is 7.56. The van der Waals surface area contributed by atoms with E-state index < -0.39 is 0 Å². The zero-order valence-electron chi connectivity index (χ0n) is 18.6. The number of nitriles is 1. The molecule has 6 rings (SSSR count). The number of methoxy groups -OCH3 is 1. The lowest BCUT2D eigenvalue weighted by atomic mass is 10.0. The van der Waals surface area contributed by atoms with E-state index in [9.17, 15) is 5.26 Å². The molecule has 164 valence electrons. The number of benzene rings is 1. The van der Waals surface area contributed by atoms with Gasteiger partial charge in [-0.3, -0.25) is 4.90 Å². The molecule has 0 aliphatic carbocycles. The first-order valence-corrected chi connectivity index (χ1v) is 11.4. The summed E-state index contributed by atoms with van der Waals surface area (Å²) >= 11 is 0. The van der Waals surface area contributed by atoms with Gasteiger partial charge in [-0.25, -0.2) is 4.52 Å². The van der Waals surface area contributed by atoms with E-state index in [4.69, 9.17) is 4.74 Å². The highest BCUT2D eigenvalue weighted by atomic mass is 16.5. The first-order valence-electron chi connectivity index (χ1n) is 11.4. The molecule has 0 N–H and O–H groups in total. The molecule has 3 unspecified atom stereocenters. The van der Waals surface area contributed by atoms with Crippen LogP contribution in [0.25, 0.3) is 5.52 Å². The van der Waals surface area contributed by atoms with Crippen molar-refractivity contribution in [3.63, 3.8) is 0 Å². The predicted molar refractivity (Wildman–Crippen MR) is 124 cm³/mol. The van der Waals surface area contributed by atoms with E-state index in [1.807, 2.05) is 19.2 Å². The number of ether oxygens (including phenoxy) is 1. The maximum atomic E-state index is 9.42. The van der Waals surface area contributed by atoms with Crippen molar-refractivity contribution >= 4 is 16.9 Å². The van der Waals surface area contributed by atoms with Crippen LogP contribution < -0.4 is 9.80 Å². The highest BCUT2D eigenvalue weighted by Crippen LogP contribution is 2.42. The molecular weight excluding hydrogens is 400 g/mol. The Morgan fingerprint density at radius 1 is 1.09 bits per heavy atom. The average molecular weight is 429 g/mol. The van der Waals surface area contributed by atoms with Gasteiger partial charge in [-0.05, 0) is 54.8 Å². The Bertz CT molecular complexity index is 1210. The van der Waals surface area contributed by atoms with E-state index in [1.165, 1.54) is 16.8 Å². The molecule has 2 aromatic heterocycles. The third-order valence-electron chi connectivity index (χ3n) is 7.51.